The molecule has 0 N–H and O–H groups in total. The second-order valence-corrected chi connectivity index (χ2v) is 4.11. The molecule has 0 radical (unpaired) electrons. The first-order valence-corrected chi connectivity index (χ1v) is 5.99. The lowest BCUT2D eigenvalue weighted by molar-refractivity contribution is -0.138. The molecular formula is C13H8ClF4NO. The lowest BCUT2D eigenvalue weighted by Gasteiger charge is -2.14. The Morgan fingerprint density at radius 1 is 1.20 bits per heavy atom. The van der Waals surface area contributed by atoms with Gasteiger partial charge in [-0.3, -0.25) is 0 Å². The summed E-state index contributed by atoms with van der Waals surface area (Å²) in [4.78, 5) is 3.62. The van der Waals surface area contributed by atoms with E-state index in [0.717, 1.165) is 24.4 Å². The van der Waals surface area contributed by atoms with Crippen molar-refractivity contribution in [3.05, 3.63) is 53.5 Å². The van der Waals surface area contributed by atoms with Crippen molar-refractivity contribution in [3.63, 3.8) is 0 Å². The van der Waals surface area contributed by atoms with Crippen LogP contribution >= 0.6 is 11.6 Å². The van der Waals surface area contributed by atoms with Crippen LogP contribution in [0.15, 0.2) is 36.5 Å². The second-order valence-electron chi connectivity index (χ2n) is 3.85. The van der Waals surface area contributed by atoms with Crippen molar-refractivity contribution in [3.8, 4) is 11.6 Å². The third kappa shape index (κ3) is 3.19. The van der Waals surface area contributed by atoms with Crippen molar-refractivity contribution >= 4 is 11.6 Å². The molecule has 0 amide bonds. The zero-order valence-electron chi connectivity index (χ0n) is 9.92. The number of hydrogen-bond donors (Lipinski definition) is 0. The minimum atomic E-state index is -4.56. The molecule has 2 aromatic rings. The molecule has 1 aromatic heterocycles. The summed E-state index contributed by atoms with van der Waals surface area (Å²) < 4.78 is 56.5. The average molecular weight is 306 g/mol. The van der Waals surface area contributed by atoms with E-state index < -0.39 is 23.3 Å². The smallest absolute Gasteiger partial charge is 0.419 e. The van der Waals surface area contributed by atoms with Crippen LogP contribution < -0.4 is 4.74 Å². The number of para-hydroxylation sites is 1. The number of nitrogens with zero attached hydrogens (tertiary/aromatic N) is 1. The molecule has 0 aliphatic rings. The van der Waals surface area contributed by atoms with E-state index in [1.54, 1.807) is 0 Å². The Morgan fingerprint density at radius 2 is 1.90 bits per heavy atom. The van der Waals surface area contributed by atoms with Gasteiger partial charge in [0, 0.05) is 5.56 Å². The number of benzene rings is 1. The van der Waals surface area contributed by atoms with Crippen molar-refractivity contribution in [2.75, 3.05) is 0 Å². The summed E-state index contributed by atoms with van der Waals surface area (Å²) >= 11 is 5.59. The van der Waals surface area contributed by atoms with Crippen LogP contribution in [-0.4, -0.2) is 4.98 Å². The molecule has 0 saturated carbocycles. The summed E-state index contributed by atoms with van der Waals surface area (Å²) in [5, 5.41) is 0. The molecule has 7 heteroatoms. The SMILES string of the molecule is Fc1cnc(Oc2ccccc2C(F)(F)F)c(CCl)c1. The molecule has 1 aromatic carbocycles. The van der Waals surface area contributed by atoms with Gasteiger partial charge in [-0.1, -0.05) is 12.1 Å². The van der Waals surface area contributed by atoms with E-state index in [1.165, 1.54) is 12.1 Å². The Kier molecular flexibility index (Phi) is 4.13. The number of hydrogen-bond acceptors (Lipinski definition) is 2. The van der Waals surface area contributed by atoms with Crippen LogP contribution in [0.3, 0.4) is 0 Å². The van der Waals surface area contributed by atoms with Crippen LogP contribution in [0.1, 0.15) is 11.1 Å². The van der Waals surface area contributed by atoms with Gasteiger partial charge in [-0.2, -0.15) is 13.2 Å². The maximum atomic E-state index is 13.0. The van der Waals surface area contributed by atoms with Gasteiger partial charge in [0.05, 0.1) is 17.6 Å². The van der Waals surface area contributed by atoms with Gasteiger partial charge in [0.25, 0.3) is 0 Å². The summed E-state index contributed by atoms with van der Waals surface area (Å²) in [5.41, 5.74) is -0.768. The minimum Gasteiger partial charge on any atom is -0.438 e. The molecule has 0 aliphatic heterocycles. The normalized spacial score (nSPS) is 11.4. The molecular weight excluding hydrogens is 298 g/mol. The standard InChI is InChI=1S/C13H8ClF4NO/c14-6-8-5-9(15)7-19-12(8)20-11-4-2-1-3-10(11)13(16,17)18/h1-5,7H,6H2. The zero-order valence-corrected chi connectivity index (χ0v) is 10.7. The molecule has 0 spiro atoms. The average Bonchev–Trinajstić information content (AvgIpc) is 2.40. The van der Waals surface area contributed by atoms with E-state index in [9.17, 15) is 17.6 Å². The summed E-state index contributed by atoms with van der Waals surface area (Å²) in [7, 11) is 0. The number of pyridine rings is 1. The van der Waals surface area contributed by atoms with Gasteiger partial charge in [-0.25, -0.2) is 9.37 Å². The Morgan fingerprint density at radius 3 is 2.55 bits per heavy atom. The van der Waals surface area contributed by atoms with Crippen molar-refractivity contribution in [1.29, 1.82) is 0 Å². The Labute approximate surface area is 117 Å². The van der Waals surface area contributed by atoms with Gasteiger partial charge >= 0.3 is 6.18 Å². The molecule has 0 fully saturated rings. The van der Waals surface area contributed by atoms with Gasteiger partial charge in [0.1, 0.15) is 11.6 Å². The lowest BCUT2D eigenvalue weighted by Crippen LogP contribution is -2.07. The zero-order chi connectivity index (χ0) is 14.8. The van der Waals surface area contributed by atoms with Crippen LogP contribution in [-0.2, 0) is 12.1 Å². The fourth-order valence-electron chi connectivity index (χ4n) is 1.55. The first kappa shape index (κ1) is 14.6. The summed E-state index contributed by atoms with van der Waals surface area (Å²) in [6, 6.07) is 5.75. The van der Waals surface area contributed by atoms with Gasteiger partial charge in [0.15, 0.2) is 0 Å². The molecule has 0 saturated heterocycles. The molecule has 106 valence electrons. The topological polar surface area (TPSA) is 22.1 Å². The summed E-state index contributed by atoms with van der Waals surface area (Å²) in [6.45, 7) is 0. The summed E-state index contributed by atoms with van der Waals surface area (Å²) in [6.07, 6.45) is -3.71. The fourth-order valence-corrected chi connectivity index (χ4v) is 1.74. The number of rotatable bonds is 3. The summed E-state index contributed by atoms with van der Waals surface area (Å²) in [5.74, 6) is -1.34. The van der Waals surface area contributed by atoms with Crippen LogP contribution in [0.5, 0.6) is 11.6 Å². The van der Waals surface area contributed by atoms with Crippen LogP contribution in [0.4, 0.5) is 17.6 Å². The van der Waals surface area contributed by atoms with Crippen molar-refractivity contribution in [1.82, 2.24) is 4.98 Å². The van der Waals surface area contributed by atoms with Gasteiger partial charge < -0.3 is 4.74 Å². The maximum Gasteiger partial charge on any atom is 0.419 e. The highest BCUT2D eigenvalue weighted by atomic mass is 35.5. The first-order valence-electron chi connectivity index (χ1n) is 5.46. The van der Waals surface area contributed by atoms with Crippen LogP contribution in [0.2, 0.25) is 0 Å². The Bertz CT molecular complexity index is 616. The van der Waals surface area contributed by atoms with Crippen LogP contribution in [0, 0.1) is 5.82 Å². The van der Waals surface area contributed by atoms with Gasteiger partial charge in [-0.15, -0.1) is 11.6 Å². The highest BCUT2D eigenvalue weighted by molar-refractivity contribution is 6.17. The molecule has 2 nitrogen and oxygen atoms in total. The molecule has 0 aliphatic carbocycles. The van der Waals surface area contributed by atoms with E-state index in [2.05, 4.69) is 4.98 Å². The first-order chi connectivity index (χ1) is 9.41. The molecule has 0 bridgehead atoms. The fraction of sp³-hybridized carbons (Fsp3) is 0.154. The van der Waals surface area contributed by atoms with E-state index in [4.69, 9.17) is 16.3 Å². The quantitative estimate of drug-likeness (QED) is 0.602. The van der Waals surface area contributed by atoms with E-state index in [0.29, 0.717) is 0 Å². The number of halogens is 5. The minimum absolute atomic E-state index is 0.131. The van der Waals surface area contributed by atoms with E-state index in [-0.39, 0.29) is 17.3 Å². The lowest BCUT2D eigenvalue weighted by atomic mass is 10.2. The highest BCUT2D eigenvalue weighted by Gasteiger charge is 2.34. The largest absolute Gasteiger partial charge is 0.438 e. The molecule has 0 atom stereocenters. The third-order valence-electron chi connectivity index (χ3n) is 2.44. The van der Waals surface area contributed by atoms with Crippen molar-refractivity contribution in [2.45, 2.75) is 12.1 Å². The number of alkyl halides is 4. The monoisotopic (exact) mass is 305 g/mol. The third-order valence-corrected chi connectivity index (χ3v) is 2.72. The number of aromatic nitrogens is 1. The number of ether oxygens (including phenoxy) is 1. The maximum absolute atomic E-state index is 13.0. The second kappa shape index (κ2) is 5.66. The van der Waals surface area contributed by atoms with Crippen molar-refractivity contribution in [2.24, 2.45) is 0 Å². The Balaban J connectivity index is 2.41. The molecule has 0 unspecified atom stereocenters. The van der Waals surface area contributed by atoms with Gasteiger partial charge in [0.2, 0.25) is 5.88 Å². The Hall–Kier alpha value is -1.82. The van der Waals surface area contributed by atoms with Crippen LogP contribution in [0.25, 0.3) is 0 Å². The van der Waals surface area contributed by atoms with E-state index in [1.807, 2.05) is 0 Å². The predicted molar refractivity (Wildman–Crippen MR) is 65.3 cm³/mol. The van der Waals surface area contributed by atoms with Gasteiger partial charge in [-0.05, 0) is 18.2 Å². The molecule has 20 heavy (non-hydrogen) atoms. The van der Waals surface area contributed by atoms with E-state index >= 15 is 0 Å². The molecule has 2 rings (SSSR count). The highest BCUT2D eigenvalue weighted by Crippen LogP contribution is 2.38. The van der Waals surface area contributed by atoms with Crippen molar-refractivity contribution < 1.29 is 22.3 Å². The predicted octanol–water partition coefficient (Wildman–Crippen LogP) is 4.77. The molecule has 1 heterocycles.